The van der Waals surface area contributed by atoms with Crippen molar-refractivity contribution in [1.82, 2.24) is 0 Å². The first-order valence-corrected chi connectivity index (χ1v) is 2.33. The van der Waals surface area contributed by atoms with Crippen LogP contribution in [-0.2, 0) is 0 Å². The zero-order valence-corrected chi connectivity index (χ0v) is 4.68. The highest BCUT2D eigenvalue weighted by Gasteiger charge is 2.02. The van der Waals surface area contributed by atoms with Crippen LogP contribution in [0.3, 0.4) is 0 Å². The fraction of sp³-hybridized carbons (Fsp3) is 0.800. The van der Waals surface area contributed by atoms with E-state index in [1.54, 1.807) is 0 Å². The first-order chi connectivity index (χ1) is 3.18. The van der Waals surface area contributed by atoms with E-state index in [0.29, 0.717) is 0 Å². The van der Waals surface area contributed by atoms with Gasteiger partial charge in [0.15, 0.2) is 0 Å². The topological polar surface area (TPSA) is 49.8 Å². The molecule has 0 fully saturated rings. The SMILES string of the molecule is CC(C#N)[C@@H](C)N. The van der Waals surface area contributed by atoms with Gasteiger partial charge in [-0.3, -0.25) is 0 Å². The number of rotatable bonds is 1. The second kappa shape index (κ2) is 2.59. The van der Waals surface area contributed by atoms with Crippen LogP contribution in [0.1, 0.15) is 13.8 Å². The van der Waals surface area contributed by atoms with Crippen LogP contribution in [0.2, 0.25) is 0 Å². The quantitative estimate of drug-likeness (QED) is 0.519. The summed E-state index contributed by atoms with van der Waals surface area (Å²) < 4.78 is 0. The Balaban J connectivity index is 3.40. The zero-order chi connectivity index (χ0) is 5.86. The molecule has 0 saturated carbocycles. The van der Waals surface area contributed by atoms with Crippen LogP contribution >= 0.6 is 0 Å². The highest BCUT2D eigenvalue weighted by Crippen LogP contribution is 1.94. The minimum absolute atomic E-state index is 0.00463. The second-order valence-electron chi connectivity index (χ2n) is 1.78. The molecule has 0 saturated heterocycles. The van der Waals surface area contributed by atoms with E-state index in [0.717, 1.165) is 0 Å². The molecule has 0 aliphatic rings. The van der Waals surface area contributed by atoms with Gasteiger partial charge >= 0.3 is 0 Å². The third kappa shape index (κ3) is 2.18. The molecule has 0 rings (SSSR count). The van der Waals surface area contributed by atoms with Gasteiger partial charge in [0.2, 0.25) is 0 Å². The molecule has 0 radical (unpaired) electrons. The van der Waals surface area contributed by atoms with Gasteiger partial charge in [0.1, 0.15) is 0 Å². The third-order valence-electron chi connectivity index (χ3n) is 0.992. The van der Waals surface area contributed by atoms with E-state index in [4.69, 9.17) is 11.0 Å². The lowest BCUT2D eigenvalue weighted by Crippen LogP contribution is -2.22. The van der Waals surface area contributed by atoms with Crippen LogP contribution in [0.25, 0.3) is 0 Å². The lowest BCUT2D eigenvalue weighted by molar-refractivity contribution is 0.593. The molecule has 2 heteroatoms. The van der Waals surface area contributed by atoms with Gasteiger partial charge in [-0.15, -0.1) is 0 Å². The van der Waals surface area contributed by atoms with Crippen molar-refractivity contribution in [3.05, 3.63) is 0 Å². The first-order valence-electron chi connectivity index (χ1n) is 2.33. The number of hydrogen-bond acceptors (Lipinski definition) is 2. The van der Waals surface area contributed by atoms with E-state index in [1.807, 2.05) is 19.9 Å². The molecular weight excluding hydrogens is 88.1 g/mol. The van der Waals surface area contributed by atoms with Crippen LogP contribution in [-0.4, -0.2) is 6.04 Å². The molecule has 0 bridgehead atoms. The summed E-state index contributed by atoms with van der Waals surface area (Å²) in [5, 5.41) is 8.18. The number of nitriles is 1. The summed E-state index contributed by atoms with van der Waals surface area (Å²) in [6, 6.07) is 2.04. The van der Waals surface area contributed by atoms with E-state index >= 15 is 0 Å². The van der Waals surface area contributed by atoms with Crippen molar-refractivity contribution in [3.8, 4) is 6.07 Å². The predicted octanol–water partition coefficient (Wildman–Crippen LogP) is 0.493. The first kappa shape index (κ1) is 6.45. The third-order valence-corrected chi connectivity index (χ3v) is 0.992. The minimum atomic E-state index is -0.0139. The van der Waals surface area contributed by atoms with Crippen molar-refractivity contribution < 1.29 is 0 Å². The summed E-state index contributed by atoms with van der Waals surface area (Å²) in [7, 11) is 0. The van der Waals surface area contributed by atoms with E-state index in [9.17, 15) is 0 Å². The average Bonchev–Trinajstić information content (AvgIpc) is 1.65. The van der Waals surface area contributed by atoms with Crippen molar-refractivity contribution in [2.45, 2.75) is 19.9 Å². The standard InChI is InChI=1S/C5H10N2/c1-4(3-6)5(2)7/h4-5H,7H2,1-2H3/t4?,5-/m1/s1. The molecule has 1 unspecified atom stereocenters. The fourth-order valence-corrected chi connectivity index (χ4v) is 0.118. The van der Waals surface area contributed by atoms with Gasteiger partial charge in [0.25, 0.3) is 0 Å². The van der Waals surface area contributed by atoms with E-state index < -0.39 is 0 Å². The van der Waals surface area contributed by atoms with Crippen LogP contribution in [0, 0.1) is 17.2 Å². The molecule has 0 heterocycles. The van der Waals surface area contributed by atoms with Crippen molar-refractivity contribution in [1.29, 1.82) is 5.26 Å². The monoisotopic (exact) mass is 98.1 g/mol. The number of nitrogens with two attached hydrogens (primary N) is 1. The predicted molar refractivity (Wildman–Crippen MR) is 28.4 cm³/mol. The van der Waals surface area contributed by atoms with E-state index in [2.05, 4.69) is 0 Å². The van der Waals surface area contributed by atoms with Crippen LogP contribution < -0.4 is 5.73 Å². The lowest BCUT2D eigenvalue weighted by atomic mass is 10.1. The molecule has 40 valence electrons. The molecule has 0 aliphatic carbocycles. The summed E-state index contributed by atoms with van der Waals surface area (Å²) >= 11 is 0. The number of hydrogen-bond donors (Lipinski definition) is 1. The van der Waals surface area contributed by atoms with Gasteiger partial charge in [-0.25, -0.2) is 0 Å². The summed E-state index contributed by atoms with van der Waals surface area (Å²) in [6.07, 6.45) is 0. The largest absolute Gasteiger partial charge is 0.327 e. The van der Waals surface area contributed by atoms with Crippen molar-refractivity contribution in [3.63, 3.8) is 0 Å². The molecule has 0 aromatic rings. The zero-order valence-electron chi connectivity index (χ0n) is 4.68. The average molecular weight is 98.1 g/mol. The van der Waals surface area contributed by atoms with E-state index in [-0.39, 0.29) is 12.0 Å². The summed E-state index contributed by atoms with van der Waals surface area (Å²) in [6.45, 7) is 3.64. The Morgan fingerprint density at radius 2 is 2.00 bits per heavy atom. The molecule has 2 atom stereocenters. The van der Waals surface area contributed by atoms with Gasteiger partial charge in [0.05, 0.1) is 12.0 Å². The fourth-order valence-electron chi connectivity index (χ4n) is 0.118. The van der Waals surface area contributed by atoms with Gasteiger partial charge in [0, 0.05) is 6.04 Å². The van der Waals surface area contributed by atoms with Gasteiger partial charge < -0.3 is 5.73 Å². The summed E-state index contributed by atoms with van der Waals surface area (Å²) in [5.41, 5.74) is 5.32. The Morgan fingerprint density at radius 1 is 1.57 bits per heavy atom. The molecule has 0 aromatic heterocycles. The maximum Gasteiger partial charge on any atom is 0.0669 e. The van der Waals surface area contributed by atoms with Crippen molar-refractivity contribution in [2.24, 2.45) is 11.7 Å². The van der Waals surface area contributed by atoms with Gasteiger partial charge in [-0.2, -0.15) is 5.26 Å². The maximum absolute atomic E-state index is 8.18. The van der Waals surface area contributed by atoms with E-state index in [1.165, 1.54) is 0 Å². The summed E-state index contributed by atoms with van der Waals surface area (Å²) in [4.78, 5) is 0. The minimum Gasteiger partial charge on any atom is -0.327 e. The Labute approximate surface area is 43.9 Å². The molecule has 0 spiro atoms. The molecule has 2 nitrogen and oxygen atoms in total. The highest BCUT2D eigenvalue weighted by molar-refractivity contribution is 4.84. The van der Waals surface area contributed by atoms with Gasteiger partial charge in [-0.05, 0) is 13.8 Å². The Kier molecular flexibility index (Phi) is 2.39. The van der Waals surface area contributed by atoms with Crippen LogP contribution in [0.5, 0.6) is 0 Å². The molecule has 0 amide bonds. The van der Waals surface area contributed by atoms with Gasteiger partial charge in [-0.1, -0.05) is 0 Å². The Hall–Kier alpha value is -0.550. The molecule has 0 aromatic carbocycles. The molecule has 2 N–H and O–H groups in total. The van der Waals surface area contributed by atoms with Crippen LogP contribution in [0.4, 0.5) is 0 Å². The Morgan fingerprint density at radius 3 is 2.00 bits per heavy atom. The van der Waals surface area contributed by atoms with Crippen LogP contribution in [0.15, 0.2) is 0 Å². The molecule has 7 heavy (non-hydrogen) atoms. The number of nitrogens with zero attached hydrogens (tertiary/aromatic N) is 1. The smallest absolute Gasteiger partial charge is 0.0669 e. The lowest BCUT2D eigenvalue weighted by Gasteiger charge is -2.02. The summed E-state index contributed by atoms with van der Waals surface area (Å²) in [5.74, 6) is -0.0139. The Bertz CT molecular complexity index is 80.6. The van der Waals surface area contributed by atoms with Crippen molar-refractivity contribution in [2.75, 3.05) is 0 Å². The molecule has 0 aliphatic heterocycles. The highest BCUT2D eigenvalue weighted by atomic mass is 14.6. The van der Waals surface area contributed by atoms with Crippen molar-refractivity contribution >= 4 is 0 Å². The second-order valence-corrected chi connectivity index (χ2v) is 1.78. The maximum atomic E-state index is 8.18. The molecular formula is C5H10N2. The normalized spacial score (nSPS) is 17.4.